The number of nitrogens with zero attached hydrogens (tertiary/aromatic N) is 2. The lowest BCUT2D eigenvalue weighted by Gasteiger charge is -2.10. The van der Waals surface area contributed by atoms with E-state index in [4.69, 9.17) is 9.15 Å². The molecule has 0 radical (unpaired) electrons. The summed E-state index contributed by atoms with van der Waals surface area (Å²) in [6.07, 6.45) is -0.229. The van der Waals surface area contributed by atoms with Crippen molar-refractivity contribution in [2.24, 2.45) is 0 Å². The molecule has 0 atom stereocenters. The van der Waals surface area contributed by atoms with Gasteiger partial charge in [0.05, 0.1) is 6.54 Å². The van der Waals surface area contributed by atoms with Crippen LogP contribution in [0.4, 0.5) is 4.79 Å². The van der Waals surface area contributed by atoms with Crippen molar-refractivity contribution in [3.05, 3.63) is 24.3 Å². The van der Waals surface area contributed by atoms with Crippen molar-refractivity contribution < 1.29 is 13.9 Å². The van der Waals surface area contributed by atoms with E-state index in [9.17, 15) is 4.79 Å². The van der Waals surface area contributed by atoms with Gasteiger partial charge in [-0.15, -0.1) is 0 Å². The minimum atomic E-state index is -0.229. The number of para-hydroxylation sites is 2. The van der Waals surface area contributed by atoms with Crippen molar-refractivity contribution in [3.8, 4) is 0 Å². The molecule has 18 heavy (non-hydrogen) atoms. The van der Waals surface area contributed by atoms with Crippen molar-refractivity contribution in [1.82, 2.24) is 9.88 Å². The highest BCUT2D eigenvalue weighted by atomic mass is 32.2. The molecule has 0 N–H and O–H groups in total. The highest BCUT2D eigenvalue weighted by Crippen LogP contribution is 2.23. The van der Waals surface area contributed by atoms with Crippen LogP contribution in [-0.2, 0) is 4.74 Å². The number of hydrogen-bond donors (Lipinski definition) is 0. The number of hydrogen-bond acceptors (Lipinski definition) is 5. The van der Waals surface area contributed by atoms with Gasteiger partial charge in [0, 0.05) is 12.3 Å². The first-order valence-corrected chi connectivity index (χ1v) is 6.71. The number of carbonyl (C=O) groups is 1. The van der Waals surface area contributed by atoms with Crippen LogP contribution in [-0.4, -0.2) is 41.4 Å². The molecule has 0 saturated carbocycles. The van der Waals surface area contributed by atoms with Gasteiger partial charge in [0.1, 0.15) is 12.1 Å². The topological polar surface area (TPSA) is 55.6 Å². The number of ether oxygens (including phenoxy) is 1. The van der Waals surface area contributed by atoms with Gasteiger partial charge in [0.25, 0.3) is 5.22 Å². The third kappa shape index (κ3) is 2.28. The molecular formula is C12H12N2O3S. The summed E-state index contributed by atoms with van der Waals surface area (Å²) in [4.78, 5) is 17.3. The normalized spacial score (nSPS) is 15.3. The second-order valence-electron chi connectivity index (χ2n) is 3.90. The Bertz CT molecular complexity index is 536. The minimum Gasteiger partial charge on any atom is -0.448 e. The van der Waals surface area contributed by atoms with Gasteiger partial charge in [-0.25, -0.2) is 9.78 Å². The Hall–Kier alpha value is -1.69. The standard InChI is InChI=1S/C12H12N2O3S/c15-12-14(5-7-16-12)6-8-18-11-13-9-3-1-2-4-10(9)17-11/h1-4H,5-8H2. The zero-order chi connectivity index (χ0) is 12.4. The fraction of sp³-hybridized carbons (Fsp3) is 0.333. The van der Waals surface area contributed by atoms with Crippen molar-refractivity contribution >= 4 is 29.0 Å². The lowest BCUT2D eigenvalue weighted by Crippen LogP contribution is -2.26. The van der Waals surface area contributed by atoms with E-state index in [1.54, 1.807) is 4.90 Å². The first kappa shape index (κ1) is 11.4. The van der Waals surface area contributed by atoms with Gasteiger partial charge in [-0.3, -0.25) is 0 Å². The van der Waals surface area contributed by atoms with E-state index < -0.39 is 0 Å². The van der Waals surface area contributed by atoms with Crippen molar-refractivity contribution in [2.45, 2.75) is 5.22 Å². The quantitative estimate of drug-likeness (QED) is 0.793. The molecule has 1 aliphatic heterocycles. The van der Waals surface area contributed by atoms with Gasteiger partial charge in [-0.05, 0) is 12.1 Å². The number of cyclic esters (lactones) is 1. The molecule has 6 heteroatoms. The Kier molecular flexibility index (Phi) is 3.10. The minimum absolute atomic E-state index is 0.229. The van der Waals surface area contributed by atoms with E-state index >= 15 is 0 Å². The van der Waals surface area contributed by atoms with E-state index in [1.165, 1.54) is 11.8 Å². The Morgan fingerprint density at radius 1 is 1.39 bits per heavy atom. The first-order valence-electron chi connectivity index (χ1n) is 5.73. The number of oxazole rings is 1. The van der Waals surface area contributed by atoms with Gasteiger partial charge in [0.2, 0.25) is 0 Å². The number of rotatable bonds is 4. The summed E-state index contributed by atoms with van der Waals surface area (Å²) in [5.74, 6) is 0.752. The Labute approximate surface area is 108 Å². The molecule has 0 bridgehead atoms. The van der Waals surface area contributed by atoms with Gasteiger partial charge in [0.15, 0.2) is 5.58 Å². The average molecular weight is 264 g/mol. The molecule has 1 aliphatic rings. The number of amides is 1. The van der Waals surface area contributed by atoms with Crippen LogP contribution in [0.3, 0.4) is 0 Å². The van der Waals surface area contributed by atoms with Crippen molar-refractivity contribution in [1.29, 1.82) is 0 Å². The summed E-state index contributed by atoms with van der Waals surface area (Å²) in [5.41, 5.74) is 1.65. The van der Waals surface area contributed by atoms with Crippen molar-refractivity contribution in [3.63, 3.8) is 0 Å². The molecular weight excluding hydrogens is 252 g/mol. The third-order valence-electron chi connectivity index (χ3n) is 2.71. The fourth-order valence-corrected chi connectivity index (χ4v) is 2.58. The van der Waals surface area contributed by atoms with Gasteiger partial charge in [-0.1, -0.05) is 23.9 Å². The molecule has 3 rings (SSSR count). The summed E-state index contributed by atoms with van der Waals surface area (Å²) >= 11 is 1.51. The summed E-state index contributed by atoms with van der Waals surface area (Å²) < 4.78 is 10.4. The largest absolute Gasteiger partial charge is 0.448 e. The van der Waals surface area contributed by atoms with Crippen LogP contribution in [0.5, 0.6) is 0 Å². The fourth-order valence-electron chi connectivity index (χ4n) is 1.78. The van der Waals surface area contributed by atoms with Crippen LogP contribution in [0.25, 0.3) is 11.1 Å². The third-order valence-corrected chi connectivity index (χ3v) is 3.51. The molecule has 2 aromatic rings. The zero-order valence-electron chi connectivity index (χ0n) is 9.67. The second-order valence-corrected chi connectivity index (χ2v) is 4.94. The van der Waals surface area contributed by atoms with E-state index in [0.717, 1.165) is 16.9 Å². The molecule has 1 saturated heterocycles. The van der Waals surface area contributed by atoms with Gasteiger partial charge >= 0.3 is 6.09 Å². The molecule has 0 aliphatic carbocycles. The first-order chi connectivity index (χ1) is 8.83. The smallest absolute Gasteiger partial charge is 0.409 e. The van der Waals surface area contributed by atoms with Crippen molar-refractivity contribution in [2.75, 3.05) is 25.4 Å². The van der Waals surface area contributed by atoms with Crippen LogP contribution in [0, 0.1) is 0 Å². The Balaban J connectivity index is 1.58. The summed E-state index contributed by atoms with van der Waals surface area (Å²) in [7, 11) is 0. The van der Waals surface area contributed by atoms with Gasteiger partial charge < -0.3 is 14.1 Å². The predicted octanol–water partition coefficient (Wildman–Crippen LogP) is 2.37. The number of carbonyl (C=O) groups excluding carboxylic acids is 1. The second kappa shape index (κ2) is 4.89. The van der Waals surface area contributed by atoms with E-state index in [2.05, 4.69) is 4.98 Å². The predicted molar refractivity (Wildman–Crippen MR) is 67.7 cm³/mol. The Morgan fingerprint density at radius 2 is 2.28 bits per heavy atom. The van der Waals surface area contributed by atoms with Crippen LogP contribution < -0.4 is 0 Å². The molecule has 1 fully saturated rings. The lowest BCUT2D eigenvalue weighted by molar-refractivity contribution is 0.160. The van der Waals surface area contributed by atoms with Gasteiger partial charge in [-0.2, -0.15) is 0 Å². The maximum absolute atomic E-state index is 11.2. The SMILES string of the molecule is O=C1OCCN1CCSc1nc2ccccc2o1. The van der Waals surface area contributed by atoms with E-state index in [0.29, 0.717) is 24.9 Å². The Morgan fingerprint density at radius 3 is 3.06 bits per heavy atom. The monoisotopic (exact) mass is 264 g/mol. The molecule has 0 spiro atoms. The summed E-state index contributed by atoms with van der Waals surface area (Å²) in [6, 6.07) is 7.66. The summed E-state index contributed by atoms with van der Waals surface area (Å²) in [6.45, 7) is 1.82. The molecule has 1 aromatic carbocycles. The molecule has 5 nitrogen and oxygen atoms in total. The number of benzene rings is 1. The molecule has 2 heterocycles. The number of thioether (sulfide) groups is 1. The molecule has 94 valence electrons. The lowest BCUT2D eigenvalue weighted by atomic mass is 10.3. The average Bonchev–Trinajstić information content (AvgIpc) is 2.96. The van der Waals surface area contributed by atoms with E-state index in [1.807, 2.05) is 24.3 Å². The highest BCUT2D eigenvalue weighted by molar-refractivity contribution is 7.99. The molecule has 1 aromatic heterocycles. The van der Waals surface area contributed by atoms with E-state index in [-0.39, 0.29) is 6.09 Å². The highest BCUT2D eigenvalue weighted by Gasteiger charge is 2.21. The maximum Gasteiger partial charge on any atom is 0.409 e. The van der Waals surface area contributed by atoms with Crippen LogP contribution in [0.15, 0.2) is 33.9 Å². The molecule has 1 amide bonds. The summed E-state index contributed by atoms with van der Waals surface area (Å²) in [5, 5.41) is 0.642. The zero-order valence-corrected chi connectivity index (χ0v) is 10.5. The number of fused-ring (bicyclic) bond motifs is 1. The molecule has 0 unspecified atom stereocenters. The van der Waals surface area contributed by atoms with Crippen LogP contribution in [0.2, 0.25) is 0 Å². The number of aromatic nitrogens is 1. The maximum atomic E-state index is 11.2. The van der Waals surface area contributed by atoms with Crippen LogP contribution >= 0.6 is 11.8 Å². The van der Waals surface area contributed by atoms with Crippen LogP contribution in [0.1, 0.15) is 0 Å².